The summed E-state index contributed by atoms with van der Waals surface area (Å²) < 4.78 is 9.22. The van der Waals surface area contributed by atoms with Crippen LogP contribution in [-0.2, 0) is 0 Å². The molecule has 0 aliphatic carbocycles. The molecule has 0 N–H and O–H groups in total. The van der Waals surface area contributed by atoms with E-state index in [4.69, 9.17) is 24.9 Å². The fourth-order valence-electron chi connectivity index (χ4n) is 10.7. The van der Waals surface area contributed by atoms with Crippen LogP contribution in [0.5, 0.6) is 0 Å². The summed E-state index contributed by atoms with van der Waals surface area (Å²) in [7, 11) is 0. The Bertz CT molecular complexity index is 4160. The van der Waals surface area contributed by atoms with Crippen molar-refractivity contribution in [3.05, 3.63) is 201 Å². The number of rotatable bonds is 5. The summed E-state index contributed by atoms with van der Waals surface area (Å²) >= 11 is 0. The van der Waals surface area contributed by atoms with Crippen LogP contribution in [0.15, 0.2) is 195 Å². The normalized spacial score (nSPS) is 11.9. The van der Waals surface area contributed by atoms with Crippen molar-refractivity contribution in [1.82, 2.24) is 43.2 Å². The Hall–Kier alpha value is -9.46. The lowest BCUT2D eigenvalue weighted by Crippen LogP contribution is -2.17. The van der Waals surface area contributed by atoms with Gasteiger partial charge in [0.05, 0.1) is 97.2 Å². The van der Waals surface area contributed by atoms with Crippen LogP contribution in [0.25, 0.3) is 121 Å². The Labute approximate surface area is 375 Å². The SMILES string of the molecule is N#Cc1c(-c2cccnc2)c(-n2c3ccccc3c3ccncc32)c(-n2c3ccccc3c3ccncc32)c(-n2c3ccccc3c3ccncc32)c1-n1c2ccccc2c2ccncc21. The first-order valence-electron chi connectivity index (χ1n) is 21.7. The van der Waals surface area contributed by atoms with Gasteiger partial charge >= 0.3 is 0 Å². The molecule has 0 bridgehead atoms. The second kappa shape index (κ2) is 13.8. The molecule has 0 amide bonds. The highest BCUT2D eigenvalue weighted by Gasteiger charge is 2.35. The lowest BCUT2D eigenvalue weighted by Gasteiger charge is -2.29. The molecule has 5 aromatic carbocycles. The van der Waals surface area contributed by atoms with Crippen LogP contribution in [0.4, 0.5) is 0 Å². The van der Waals surface area contributed by atoms with Crippen molar-refractivity contribution < 1.29 is 0 Å². The quantitative estimate of drug-likeness (QED) is 0.171. The maximum Gasteiger partial charge on any atom is 0.102 e. The number of aromatic nitrogens is 9. The van der Waals surface area contributed by atoms with Crippen LogP contribution in [0, 0.1) is 11.3 Å². The smallest absolute Gasteiger partial charge is 0.102 e. The Morgan fingerprint density at radius 3 is 1.02 bits per heavy atom. The summed E-state index contributed by atoms with van der Waals surface area (Å²) in [6.07, 6.45) is 18.8. The van der Waals surface area contributed by atoms with Crippen molar-refractivity contribution in [2.75, 3.05) is 0 Å². The number of pyridine rings is 5. The van der Waals surface area contributed by atoms with Gasteiger partial charge in [-0.3, -0.25) is 24.9 Å². The van der Waals surface area contributed by atoms with Crippen molar-refractivity contribution in [3.8, 4) is 39.9 Å². The van der Waals surface area contributed by atoms with Crippen molar-refractivity contribution >= 4 is 87.2 Å². The van der Waals surface area contributed by atoms with Gasteiger partial charge in [0, 0.05) is 91.4 Å². The van der Waals surface area contributed by atoms with Crippen LogP contribution in [-0.4, -0.2) is 43.2 Å². The van der Waals surface area contributed by atoms with E-state index >= 15 is 0 Å². The molecule has 9 aromatic heterocycles. The second-order valence-electron chi connectivity index (χ2n) is 16.5. The van der Waals surface area contributed by atoms with E-state index in [-0.39, 0.29) is 0 Å². The van der Waals surface area contributed by atoms with Crippen molar-refractivity contribution in [3.63, 3.8) is 0 Å². The monoisotopic (exact) mass is 844 g/mol. The van der Waals surface area contributed by atoms with Crippen molar-refractivity contribution in [2.24, 2.45) is 0 Å². The van der Waals surface area contributed by atoms with Crippen LogP contribution in [0.3, 0.4) is 0 Å². The summed E-state index contributed by atoms with van der Waals surface area (Å²) in [6, 6.07) is 49.0. The summed E-state index contributed by atoms with van der Waals surface area (Å²) in [6.45, 7) is 0. The molecule has 14 rings (SSSR count). The zero-order valence-electron chi connectivity index (χ0n) is 34.9. The van der Waals surface area contributed by atoms with E-state index in [1.165, 1.54) is 0 Å². The van der Waals surface area contributed by atoms with E-state index in [1.807, 2.05) is 61.8 Å². The molecule has 306 valence electrons. The molecule has 66 heavy (non-hydrogen) atoms. The van der Waals surface area contributed by atoms with Gasteiger partial charge in [0.2, 0.25) is 0 Å². The maximum atomic E-state index is 12.3. The van der Waals surface area contributed by atoms with E-state index in [9.17, 15) is 5.26 Å². The number of nitrogens with zero attached hydrogens (tertiary/aromatic N) is 10. The summed E-state index contributed by atoms with van der Waals surface area (Å²) in [5, 5.41) is 20.6. The molecule has 14 aromatic rings. The lowest BCUT2D eigenvalue weighted by molar-refractivity contribution is 1.01. The van der Waals surface area contributed by atoms with E-state index < -0.39 is 0 Å². The maximum absolute atomic E-state index is 12.3. The van der Waals surface area contributed by atoms with Gasteiger partial charge in [0.15, 0.2) is 0 Å². The van der Waals surface area contributed by atoms with Gasteiger partial charge in [0.25, 0.3) is 0 Å². The third-order valence-electron chi connectivity index (χ3n) is 13.3. The average Bonchev–Trinajstić information content (AvgIpc) is 4.11. The van der Waals surface area contributed by atoms with Crippen molar-refractivity contribution in [1.29, 1.82) is 5.26 Å². The lowest BCUT2D eigenvalue weighted by atomic mass is 9.93. The molecule has 0 aliphatic rings. The summed E-state index contributed by atoms with van der Waals surface area (Å²) in [5.74, 6) is 0. The van der Waals surface area contributed by atoms with Gasteiger partial charge in [-0.25, -0.2) is 0 Å². The Morgan fingerprint density at radius 1 is 0.303 bits per heavy atom. The summed E-state index contributed by atoms with van der Waals surface area (Å²) in [4.78, 5) is 23.9. The fourth-order valence-corrected chi connectivity index (χ4v) is 10.7. The van der Waals surface area contributed by atoms with Gasteiger partial charge in [-0.1, -0.05) is 78.9 Å². The Morgan fingerprint density at radius 2 is 0.636 bits per heavy atom. The Kier molecular flexibility index (Phi) is 7.52. The van der Waals surface area contributed by atoms with Gasteiger partial charge in [-0.05, 0) is 54.6 Å². The molecule has 0 aliphatic heterocycles. The zero-order chi connectivity index (χ0) is 43.5. The van der Waals surface area contributed by atoms with E-state index in [0.29, 0.717) is 16.8 Å². The largest absolute Gasteiger partial charge is 0.305 e. The molecule has 0 saturated carbocycles. The molecule has 0 radical (unpaired) electrons. The number of nitriles is 1. The molecule has 0 atom stereocenters. The molecule has 0 unspecified atom stereocenters. The third kappa shape index (κ3) is 4.80. The van der Waals surface area contributed by atoms with E-state index in [0.717, 1.165) is 110 Å². The molecular weight excluding hydrogens is 813 g/mol. The van der Waals surface area contributed by atoms with Gasteiger partial charge < -0.3 is 18.3 Å². The number of fused-ring (bicyclic) bond motifs is 12. The van der Waals surface area contributed by atoms with Crippen LogP contribution in [0.1, 0.15) is 5.56 Å². The van der Waals surface area contributed by atoms with Crippen LogP contribution >= 0.6 is 0 Å². The third-order valence-corrected chi connectivity index (χ3v) is 13.3. The average molecular weight is 845 g/mol. The van der Waals surface area contributed by atoms with Crippen LogP contribution in [0.2, 0.25) is 0 Å². The summed E-state index contributed by atoms with van der Waals surface area (Å²) in [5.41, 5.74) is 12.3. The predicted octanol–water partition coefficient (Wildman–Crippen LogP) is 12.6. The number of hydrogen-bond acceptors (Lipinski definition) is 6. The highest BCUT2D eigenvalue weighted by Crippen LogP contribution is 2.51. The first kappa shape index (κ1) is 36.1. The number of para-hydroxylation sites is 4. The molecule has 9 heterocycles. The van der Waals surface area contributed by atoms with Gasteiger partial charge in [-0.2, -0.15) is 5.26 Å². The van der Waals surface area contributed by atoms with Crippen LogP contribution < -0.4 is 0 Å². The molecular formula is C56H32N10. The topological polar surface area (TPSA) is 108 Å². The van der Waals surface area contributed by atoms with Gasteiger partial charge in [0.1, 0.15) is 6.07 Å². The molecule has 10 heteroatoms. The van der Waals surface area contributed by atoms with E-state index in [2.05, 4.69) is 152 Å². The molecule has 0 spiro atoms. The zero-order valence-corrected chi connectivity index (χ0v) is 34.9. The standard InChI is InChI=1S/C56H32N10/c57-28-43-52(34-10-9-23-58-29-34)54(64-45-16-6-2-12-36(45)40-20-25-60-31-49(40)64)56(66-47-18-8-4-14-38(47)42-22-27-62-33-51(42)66)55(65-46-17-7-3-13-37(46)41-21-26-61-32-50(41)65)53(43)63-44-15-5-1-11-35(44)39-19-24-59-30-48(39)63/h1-27,29-33H. The first-order valence-corrected chi connectivity index (χ1v) is 21.7. The minimum absolute atomic E-state index is 0.451. The number of hydrogen-bond donors (Lipinski definition) is 0. The van der Waals surface area contributed by atoms with E-state index in [1.54, 1.807) is 6.20 Å². The van der Waals surface area contributed by atoms with Gasteiger partial charge in [-0.15, -0.1) is 0 Å². The highest BCUT2D eigenvalue weighted by molar-refractivity contribution is 6.16. The minimum atomic E-state index is 0.451. The number of benzene rings is 5. The Balaban J connectivity index is 1.38. The predicted molar refractivity (Wildman–Crippen MR) is 263 cm³/mol. The molecule has 0 saturated heterocycles. The minimum Gasteiger partial charge on any atom is -0.305 e. The molecule has 10 nitrogen and oxygen atoms in total. The first-order chi connectivity index (χ1) is 32.8. The fraction of sp³-hybridized carbons (Fsp3) is 0. The second-order valence-corrected chi connectivity index (χ2v) is 16.5. The molecule has 0 fully saturated rings. The highest BCUT2D eigenvalue weighted by atomic mass is 15.1. The van der Waals surface area contributed by atoms with Crippen molar-refractivity contribution in [2.45, 2.75) is 0 Å².